The lowest BCUT2D eigenvalue weighted by Crippen LogP contribution is -2.26. The molecule has 0 amide bonds. The van der Waals surface area contributed by atoms with Gasteiger partial charge in [0, 0.05) is 13.1 Å². The molecule has 1 aliphatic heterocycles. The van der Waals surface area contributed by atoms with Gasteiger partial charge in [-0.3, -0.25) is 10.1 Å². The van der Waals surface area contributed by atoms with Gasteiger partial charge in [-0.15, -0.1) is 0 Å². The Hall–Kier alpha value is -1.36. The molecule has 1 aliphatic rings. The Bertz CT molecular complexity index is 528. The number of aromatic nitrogens is 1. The lowest BCUT2D eigenvalue weighted by atomic mass is 9.77. The first kappa shape index (κ1) is 16.0. The van der Waals surface area contributed by atoms with E-state index in [1.54, 1.807) is 0 Å². The number of pyridine rings is 1. The van der Waals surface area contributed by atoms with Crippen LogP contribution in [0.1, 0.15) is 40.0 Å². The molecule has 0 saturated carbocycles. The topological polar surface area (TPSA) is 59.3 Å². The van der Waals surface area contributed by atoms with Crippen molar-refractivity contribution >= 4 is 23.1 Å². The van der Waals surface area contributed by atoms with E-state index in [4.69, 9.17) is 11.6 Å². The number of hydrogen-bond acceptors (Lipinski definition) is 4. The summed E-state index contributed by atoms with van der Waals surface area (Å²) in [5.74, 6) is 1.28. The number of halogens is 1. The molecule has 0 aliphatic carbocycles. The minimum absolute atomic E-state index is 0.00150. The van der Waals surface area contributed by atoms with E-state index in [-0.39, 0.29) is 10.8 Å². The fourth-order valence-corrected chi connectivity index (χ4v) is 3.13. The second kappa shape index (κ2) is 6.18. The highest BCUT2D eigenvalue weighted by molar-refractivity contribution is 6.29. The Morgan fingerprint density at radius 3 is 2.67 bits per heavy atom. The molecule has 1 unspecified atom stereocenters. The summed E-state index contributed by atoms with van der Waals surface area (Å²) in [4.78, 5) is 16.9. The first-order valence-corrected chi connectivity index (χ1v) is 7.72. The van der Waals surface area contributed by atoms with E-state index in [0.29, 0.717) is 17.2 Å². The van der Waals surface area contributed by atoms with Crippen molar-refractivity contribution in [3.05, 3.63) is 27.4 Å². The minimum atomic E-state index is -0.424. The van der Waals surface area contributed by atoms with Crippen LogP contribution in [0.4, 0.5) is 11.5 Å². The Labute approximate surface area is 130 Å². The van der Waals surface area contributed by atoms with Crippen LogP contribution in [-0.2, 0) is 0 Å². The molecule has 1 aromatic heterocycles. The Morgan fingerprint density at radius 2 is 2.05 bits per heavy atom. The second-order valence-corrected chi connectivity index (χ2v) is 7.13. The summed E-state index contributed by atoms with van der Waals surface area (Å²) in [5, 5.41) is 11.1. The summed E-state index contributed by atoms with van der Waals surface area (Å²) in [5.41, 5.74) is 0.297. The van der Waals surface area contributed by atoms with Crippen molar-refractivity contribution in [2.45, 2.75) is 40.0 Å². The summed E-state index contributed by atoms with van der Waals surface area (Å²) < 4.78 is 0. The van der Waals surface area contributed by atoms with Gasteiger partial charge in [0.25, 0.3) is 5.69 Å². The Kier molecular flexibility index (Phi) is 4.71. The van der Waals surface area contributed by atoms with Crippen molar-refractivity contribution in [3.63, 3.8) is 0 Å². The summed E-state index contributed by atoms with van der Waals surface area (Å²) in [6, 6.07) is 2.81. The van der Waals surface area contributed by atoms with E-state index in [2.05, 4.69) is 30.7 Å². The van der Waals surface area contributed by atoms with Crippen LogP contribution in [0.25, 0.3) is 0 Å². The predicted octanol–water partition coefficient (Wildman–Crippen LogP) is 4.30. The van der Waals surface area contributed by atoms with Crippen molar-refractivity contribution < 1.29 is 4.92 Å². The van der Waals surface area contributed by atoms with E-state index in [1.165, 1.54) is 18.6 Å². The maximum absolute atomic E-state index is 10.9. The van der Waals surface area contributed by atoms with E-state index in [1.807, 2.05) is 0 Å². The highest BCUT2D eigenvalue weighted by Gasteiger charge is 2.27. The van der Waals surface area contributed by atoms with Crippen molar-refractivity contribution in [2.75, 3.05) is 18.0 Å². The van der Waals surface area contributed by atoms with E-state index in [9.17, 15) is 10.1 Å². The van der Waals surface area contributed by atoms with Gasteiger partial charge >= 0.3 is 0 Å². The Balaban J connectivity index is 2.17. The van der Waals surface area contributed by atoms with Crippen LogP contribution in [0.5, 0.6) is 0 Å². The average Bonchev–Trinajstić information content (AvgIpc) is 2.63. The van der Waals surface area contributed by atoms with Gasteiger partial charge in [-0.25, -0.2) is 4.98 Å². The summed E-state index contributed by atoms with van der Waals surface area (Å²) in [6.07, 6.45) is 3.33. The van der Waals surface area contributed by atoms with Crippen molar-refractivity contribution in [2.24, 2.45) is 11.3 Å². The molecular weight excluding hydrogens is 290 g/mol. The van der Waals surface area contributed by atoms with E-state index >= 15 is 0 Å². The van der Waals surface area contributed by atoms with Gasteiger partial charge in [-0.05, 0) is 30.6 Å². The average molecular weight is 312 g/mol. The van der Waals surface area contributed by atoms with Crippen LogP contribution in [0.3, 0.4) is 0 Å². The summed E-state index contributed by atoms with van der Waals surface area (Å²) >= 11 is 5.91. The van der Waals surface area contributed by atoms with Gasteiger partial charge in [-0.1, -0.05) is 32.4 Å². The third-order valence-corrected chi connectivity index (χ3v) is 4.45. The number of hydrogen-bond donors (Lipinski definition) is 0. The number of anilines is 1. The van der Waals surface area contributed by atoms with Crippen LogP contribution in [-0.4, -0.2) is 23.0 Å². The quantitative estimate of drug-likeness (QED) is 0.464. The molecule has 0 bridgehead atoms. The van der Waals surface area contributed by atoms with Crippen molar-refractivity contribution in [1.29, 1.82) is 0 Å². The molecule has 1 fully saturated rings. The normalized spacial score (nSPS) is 20.2. The first-order valence-electron chi connectivity index (χ1n) is 7.34. The second-order valence-electron chi connectivity index (χ2n) is 6.74. The molecule has 2 heterocycles. The Morgan fingerprint density at radius 1 is 1.33 bits per heavy atom. The van der Waals surface area contributed by atoms with Gasteiger partial charge in [0.2, 0.25) is 0 Å². The molecule has 116 valence electrons. The highest BCUT2D eigenvalue weighted by atomic mass is 35.5. The van der Waals surface area contributed by atoms with E-state index in [0.717, 1.165) is 25.9 Å². The zero-order valence-corrected chi connectivity index (χ0v) is 13.6. The molecule has 2 rings (SSSR count). The van der Waals surface area contributed by atoms with E-state index < -0.39 is 4.92 Å². The number of nitrogens with zero attached hydrogens (tertiary/aromatic N) is 3. The molecule has 21 heavy (non-hydrogen) atoms. The molecular formula is C15H22ClN3O2. The lowest BCUT2D eigenvalue weighted by molar-refractivity contribution is -0.384. The molecule has 5 nitrogen and oxygen atoms in total. The highest BCUT2D eigenvalue weighted by Crippen LogP contribution is 2.35. The fraction of sp³-hybridized carbons (Fsp3) is 0.667. The lowest BCUT2D eigenvalue weighted by Gasteiger charge is -2.29. The van der Waals surface area contributed by atoms with Gasteiger partial charge in [0.05, 0.1) is 17.1 Å². The molecule has 0 N–H and O–H groups in total. The van der Waals surface area contributed by atoms with Crippen LogP contribution < -0.4 is 4.90 Å². The smallest absolute Gasteiger partial charge is 0.276 e. The maximum atomic E-state index is 10.9. The molecule has 0 radical (unpaired) electrons. The number of rotatable bonds is 2. The molecule has 6 heteroatoms. The maximum Gasteiger partial charge on any atom is 0.276 e. The van der Waals surface area contributed by atoms with Crippen LogP contribution in [0.15, 0.2) is 12.1 Å². The van der Waals surface area contributed by atoms with Crippen LogP contribution >= 0.6 is 11.6 Å². The van der Waals surface area contributed by atoms with Gasteiger partial charge < -0.3 is 4.90 Å². The van der Waals surface area contributed by atoms with Gasteiger partial charge in [0.1, 0.15) is 11.0 Å². The molecule has 1 aromatic rings. The molecule has 0 spiro atoms. The first-order chi connectivity index (χ1) is 9.77. The standard InChI is InChI=1S/C15H22ClN3O2/c1-15(2,3)11-5-4-7-18(8-6-11)14-10-12(19(20)21)9-13(16)17-14/h9-11H,4-8H2,1-3H3. The van der Waals surface area contributed by atoms with Gasteiger partial charge in [-0.2, -0.15) is 0 Å². The van der Waals surface area contributed by atoms with Crippen LogP contribution in [0.2, 0.25) is 5.15 Å². The van der Waals surface area contributed by atoms with Crippen molar-refractivity contribution in [3.8, 4) is 0 Å². The van der Waals surface area contributed by atoms with Gasteiger partial charge in [0.15, 0.2) is 0 Å². The molecule has 1 saturated heterocycles. The summed E-state index contributed by atoms with van der Waals surface area (Å²) in [7, 11) is 0. The molecule has 1 atom stereocenters. The zero-order valence-electron chi connectivity index (χ0n) is 12.8. The summed E-state index contributed by atoms with van der Waals surface area (Å²) in [6.45, 7) is 8.56. The van der Waals surface area contributed by atoms with Crippen LogP contribution in [0, 0.1) is 21.4 Å². The van der Waals surface area contributed by atoms with Crippen molar-refractivity contribution in [1.82, 2.24) is 4.98 Å². The third kappa shape index (κ3) is 4.06. The largest absolute Gasteiger partial charge is 0.356 e. The zero-order chi connectivity index (χ0) is 15.6. The monoisotopic (exact) mass is 311 g/mol. The number of nitro groups is 1. The predicted molar refractivity (Wildman–Crippen MR) is 84.9 cm³/mol. The molecule has 0 aromatic carbocycles. The third-order valence-electron chi connectivity index (χ3n) is 4.25. The minimum Gasteiger partial charge on any atom is -0.356 e. The fourth-order valence-electron chi connectivity index (χ4n) is 2.93. The SMILES string of the molecule is CC(C)(C)C1CCCN(c2cc([N+](=O)[O-])cc(Cl)n2)CC1.